The van der Waals surface area contributed by atoms with E-state index < -0.39 is 12.8 Å². The zero-order chi connectivity index (χ0) is 16.0. The van der Waals surface area contributed by atoms with E-state index in [1.807, 2.05) is 11.4 Å². The van der Waals surface area contributed by atoms with Gasteiger partial charge in [0.05, 0.1) is 4.88 Å². The van der Waals surface area contributed by atoms with Crippen molar-refractivity contribution in [1.29, 1.82) is 0 Å². The van der Waals surface area contributed by atoms with Gasteiger partial charge in [-0.15, -0.1) is 11.3 Å². The van der Waals surface area contributed by atoms with Gasteiger partial charge in [-0.3, -0.25) is 0 Å². The molecule has 8 heteroatoms. The van der Waals surface area contributed by atoms with Gasteiger partial charge >= 0.3 is 6.18 Å². The number of thiophene rings is 1. The van der Waals surface area contributed by atoms with Gasteiger partial charge in [0, 0.05) is 0 Å². The molecule has 0 saturated carbocycles. The minimum Gasteiger partial charge on any atom is -0.484 e. The summed E-state index contributed by atoms with van der Waals surface area (Å²) in [4.78, 5) is 5.88. The lowest BCUT2D eigenvalue weighted by atomic mass is 10.2. The Hall–Kier alpha value is -2.22. The lowest BCUT2D eigenvalue weighted by molar-refractivity contribution is -0.153. The van der Waals surface area contributed by atoms with Crippen LogP contribution in [0.15, 0.2) is 46.9 Å². The van der Waals surface area contributed by atoms with Gasteiger partial charge < -0.3 is 15.3 Å². The van der Waals surface area contributed by atoms with Crippen molar-refractivity contribution in [3.63, 3.8) is 0 Å². The molecule has 0 aliphatic rings. The van der Waals surface area contributed by atoms with Crippen LogP contribution in [0, 0.1) is 0 Å². The van der Waals surface area contributed by atoms with Crippen LogP contribution in [-0.2, 0) is 11.4 Å². The fourth-order valence-electron chi connectivity index (χ4n) is 1.54. The van der Waals surface area contributed by atoms with E-state index in [-0.39, 0.29) is 18.2 Å². The number of alkyl halides is 3. The molecule has 0 saturated heterocycles. The molecule has 0 amide bonds. The number of hydrogen-bond donors (Lipinski definition) is 1. The van der Waals surface area contributed by atoms with Crippen LogP contribution >= 0.6 is 11.3 Å². The third kappa shape index (κ3) is 5.28. The molecule has 0 fully saturated rings. The number of hydrogen-bond acceptors (Lipinski definition) is 4. The highest BCUT2D eigenvalue weighted by Crippen LogP contribution is 2.19. The number of benzene rings is 1. The molecule has 2 aromatic rings. The molecule has 0 spiro atoms. The zero-order valence-corrected chi connectivity index (χ0v) is 12.2. The van der Waals surface area contributed by atoms with Gasteiger partial charge in [-0.2, -0.15) is 13.2 Å². The predicted octanol–water partition coefficient (Wildman–Crippen LogP) is 3.53. The van der Waals surface area contributed by atoms with Crippen LogP contribution in [0.25, 0.3) is 0 Å². The largest absolute Gasteiger partial charge is 0.484 e. The molecule has 2 N–H and O–H groups in total. The van der Waals surface area contributed by atoms with E-state index in [4.69, 9.17) is 10.6 Å². The summed E-state index contributed by atoms with van der Waals surface area (Å²) >= 11 is 1.43. The Labute approximate surface area is 129 Å². The van der Waals surface area contributed by atoms with E-state index in [1.165, 1.54) is 23.5 Å². The van der Waals surface area contributed by atoms with Gasteiger partial charge in [0.15, 0.2) is 12.4 Å². The Bertz CT molecular complexity index is 627. The quantitative estimate of drug-likeness (QED) is 0.501. The van der Waals surface area contributed by atoms with Crippen LogP contribution in [0.3, 0.4) is 0 Å². The van der Waals surface area contributed by atoms with Crippen molar-refractivity contribution in [2.45, 2.75) is 12.8 Å². The maximum atomic E-state index is 12.1. The summed E-state index contributed by atoms with van der Waals surface area (Å²) < 4.78 is 40.9. The van der Waals surface area contributed by atoms with Crippen LogP contribution in [0.4, 0.5) is 13.2 Å². The number of oxime groups is 1. The molecule has 1 heterocycles. The third-order valence-electron chi connectivity index (χ3n) is 2.47. The summed E-state index contributed by atoms with van der Waals surface area (Å²) in [7, 11) is 0. The molecule has 0 atom stereocenters. The number of nitrogens with zero attached hydrogens (tertiary/aromatic N) is 1. The summed E-state index contributed by atoms with van der Waals surface area (Å²) in [5, 5.41) is 5.62. The normalized spacial score (nSPS) is 12.2. The molecular formula is C14H13F3N2O2S. The van der Waals surface area contributed by atoms with Gasteiger partial charge in [0.1, 0.15) is 12.4 Å². The van der Waals surface area contributed by atoms with Gasteiger partial charge in [-0.25, -0.2) is 0 Å². The molecule has 1 aromatic carbocycles. The Kier molecular flexibility index (Phi) is 5.26. The Morgan fingerprint density at radius 1 is 1.23 bits per heavy atom. The zero-order valence-electron chi connectivity index (χ0n) is 11.3. The van der Waals surface area contributed by atoms with Gasteiger partial charge in [-0.05, 0) is 29.1 Å². The monoisotopic (exact) mass is 330 g/mol. The van der Waals surface area contributed by atoms with Crippen molar-refractivity contribution in [3.05, 3.63) is 52.2 Å². The van der Waals surface area contributed by atoms with Crippen LogP contribution < -0.4 is 10.5 Å². The van der Waals surface area contributed by atoms with E-state index in [0.717, 1.165) is 4.88 Å². The van der Waals surface area contributed by atoms with Crippen LogP contribution in [-0.4, -0.2) is 18.6 Å². The average Bonchev–Trinajstić information content (AvgIpc) is 2.99. The predicted molar refractivity (Wildman–Crippen MR) is 77.8 cm³/mol. The van der Waals surface area contributed by atoms with Crippen molar-refractivity contribution in [3.8, 4) is 5.75 Å². The SMILES string of the molecule is N/C(=N\OCc1cccc(OCC(F)(F)F)c1)c1cccs1. The van der Waals surface area contributed by atoms with Gasteiger partial charge in [-0.1, -0.05) is 23.4 Å². The van der Waals surface area contributed by atoms with Crippen LogP contribution in [0.5, 0.6) is 5.75 Å². The Balaban J connectivity index is 1.89. The molecule has 4 nitrogen and oxygen atoms in total. The Morgan fingerprint density at radius 2 is 2.05 bits per heavy atom. The fourth-order valence-corrected chi connectivity index (χ4v) is 2.15. The molecule has 0 bridgehead atoms. The minimum atomic E-state index is -4.37. The van der Waals surface area contributed by atoms with Crippen molar-refractivity contribution in [2.24, 2.45) is 10.9 Å². The highest BCUT2D eigenvalue weighted by atomic mass is 32.1. The van der Waals surface area contributed by atoms with Gasteiger partial charge in [0.25, 0.3) is 0 Å². The smallest absolute Gasteiger partial charge is 0.422 e. The number of nitrogens with two attached hydrogens (primary N) is 1. The topological polar surface area (TPSA) is 56.8 Å². The lowest BCUT2D eigenvalue weighted by Gasteiger charge is -2.10. The van der Waals surface area contributed by atoms with Crippen molar-refractivity contribution >= 4 is 17.2 Å². The third-order valence-corrected chi connectivity index (χ3v) is 3.36. The molecule has 118 valence electrons. The molecular weight excluding hydrogens is 317 g/mol. The van der Waals surface area contributed by atoms with Crippen molar-refractivity contribution in [2.75, 3.05) is 6.61 Å². The molecule has 0 unspecified atom stereocenters. The molecule has 0 aliphatic heterocycles. The first kappa shape index (κ1) is 16.2. The first-order chi connectivity index (χ1) is 10.4. The minimum absolute atomic E-state index is 0.0787. The van der Waals surface area contributed by atoms with E-state index in [0.29, 0.717) is 5.56 Å². The summed E-state index contributed by atoms with van der Waals surface area (Å²) in [6, 6.07) is 9.82. The standard InChI is InChI=1S/C14H13F3N2O2S/c15-14(16,17)9-20-11-4-1-3-10(7-11)8-21-19-13(18)12-5-2-6-22-12/h1-7H,8-9H2,(H2,18,19). The lowest BCUT2D eigenvalue weighted by Crippen LogP contribution is -2.19. The van der Waals surface area contributed by atoms with E-state index in [1.54, 1.807) is 18.2 Å². The van der Waals surface area contributed by atoms with Crippen molar-refractivity contribution in [1.82, 2.24) is 0 Å². The summed E-state index contributed by atoms with van der Waals surface area (Å²) in [5.74, 6) is 0.369. The second kappa shape index (κ2) is 7.17. The molecule has 22 heavy (non-hydrogen) atoms. The summed E-state index contributed by atoms with van der Waals surface area (Å²) in [5.41, 5.74) is 6.34. The number of rotatable bonds is 6. The summed E-state index contributed by atoms with van der Waals surface area (Å²) in [6.45, 7) is -1.25. The van der Waals surface area contributed by atoms with Crippen molar-refractivity contribution < 1.29 is 22.7 Å². The summed E-state index contributed by atoms with van der Waals surface area (Å²) in [6.07, 6.45) is -4.37. The average molecular weight is 330 g/mol. The maximum Gasteiger partial charge on any atom is 0.422 e. The number of amidine groups is 1. The molecule has 0 aliphatic carbocycles. The van der Waals surface area contributed by atoms with Crippen LogP contribution in [0.1, 0.15) is 10.4 Å². The van der Waals surface area contributed by atoms with Gasteiger partial charge in [0.2, 0.25) is 0 Å². The fraction of sp³-hybridized carbons (Fsp3) is 0.214. The Morgan fingerprint density at radius 3 is 2.73 bits per heavy atom. The second-order valence-electron chi connectivity index (χ2n) is 4.28. The highest BCUT2D eigenvalue weighted by molar-refractivity contribution is 7.12. The van der Waals surface area contributed by atoms with E-state index in [9.17, 15) is 13.2 Å². The van der Waals surface area contributed by atoms with E-state index in [2.05, 4.69) is 9.89 Å². The molecule has 0 radical (unpaired) electrons. The first-order valence-electron chi connectivity index (χ1n) is 6.22. The first-order valence-corrected chi connectivity index (χ1v) is 7.10. The number of ether oxygens (including phenoxy) is 1. The highest BCUT2D eigenvalue weighted by Gasteiger charge is 2.28. The van der Waals surface area contributed by atoms with E-state index >= 15 is 0 Å². The molecule has 2 rings (SSSR count). The maximum absolute atomic E-state index is 12.1. The van der Waals surface area contributed by atoms with Crippen LogP contribution in [0.2, 0.25) is 0 Å². The molecule has 1 aromatic heterocycles. The second-order valence-corrected chi connectivity index (χ2v) is 5.23. The number of halogens is 3.